The third-order valence-corrected chi connectivity index (χ3v) is 5.79. The monoisotopic (exact) mass is 710 g/mol. The zero-order valence-electron chi connectivity index (χ0n) is 20.0. The molecule has 8 heteroatoms. The zero-order valence-corrected chi connectivity index (χ0v) is 24.2. The number of nitrogens with zero attached hydrogens (tertiary/aromatic N) is 1. The molecular weight excluding hydrogens is 685 g/mol. The molecule has 1 heterocycles. The number of hydrogen-bond donors (Lipinski definition) is 1. The van der Waals surface area contributed by atoms with Crippen LogP contribution in [-0.2, 0) is 17.9 Å². The van der Waals surface area contributed by atoms with E-state index < -0.39 is 23.2 Å². The number of nitrogens with one attached hydrogen (secondary N) is 1. The molecule has 0 radical (unpaired) electrons. The molecule has 0 spiro atoms. The largest absolute Gasteiger partial charge is 2.00 e. The molecule has 1 atom stereocenters. The second-order valence-electron chi connectivity index (χ2n) is 8.30. The van der Waals surface area contributed by atoms with Crippen molar-refractivity contribution in [3.63, 3.8) is 0 Å². The molecule has 2 amide bonds. The summed E-state index contributed by atoms with van der Waals surface area (Å²) in [6, 6.07) is 23.3. The fraction of sp³-hybridized carbons (Fsp3) is 0.179. The van der Waals surface area contributed by atoms with E-state index in [1.807, 2.05) is 18.2 Å². The number of rotatable bonds is 8. The van der Waals surface area contributed by atoms with Gasteiger partial charge in [-0.1, -0.05) is 61.5 Å². The second kappa shape index (κ2) is 11.8. The molecule has 0 aliphatic carbocycles. The van der Waals surface area contributed by atoms with Crippen molar-refractivity contribution in [1.29, 1.82) is 0 Å². The van der Waals surface area contributed by atoms with E-state index in [0.29, 0.717) is 16.7 Å². The van der Waals surface area contributed by atoms with Gasteiger partial charge in [-0.3, -0.25) is 4.79 Å². The first-order valence-corrected chi connectivity index (χ1v) is 11.0. The molecule has 182 valence electrons. The number of furan rings is 1. The van der Waals surface area contributed by atoms with Gasteiger partial charge in [0.25, 0.3) is 0 Å². The molecule has 0 fully saturated rings. The van der Waals surface area contributed by atoms with E-state index in [-0.39, 0.29) is 55.5 Å². The van der Waals surface area contributed by atoms with Gasteiger partial charge in [0.1, 0.15) is 11.6 Å². The van der Waals surface area contributed by atoms with Crippen LogP contribution in [0.5, 0.6) is 5.75 Å². The van der Waals surface area contributed by atoms with Gasteiger partial charge in [-0.15, -0.1) is 17.5 Å². The van der Waals surface area contributed by atoms with Crippen molar-refractivity contribution < 1.29 is 54.2 Å². The Kier molecular flexibility index (Phi) is 8.99. The molecule has 3 aromatic carbocycles. The molecule has 0 aliphatic rings. The summed E-state index contributed by atoms with van der Waals surface area (Å²) in [4.78, 5) is 28.1. The Balaban J connectivity index is 0.00000361. The van der Waals surface area contributed by atoms with Crippen LogP contribution >= 0.6 is 0 Å². The van der Waals surface area contributed by atoms with E-state index in [4.69, 9.17) is 9.15 Å². The Morgan fingerprint density at radius 3 is 2.39 bits per heavy atom. The van der Waals surface area contributed by atoms with E-state index in [2.05, 4.69) is 18.3 Å². The Labute approximate surface area is 233 Å². The summed E-state index contributed by atoms with van der Waals surface area (Å²) in [6.45, 7) is 5.50. The average Bonchev–Trinajstić information content (AvgIpc) is 3.31. The summed E-state index contributed by atoms with van der Waals surface area (Å²) in [5.74, 6) is -1.12. The molecule has 1 unspecified atom stereocenters. The van der Waals surface area contributed by atoms with Crippen molar-refractivity contribution in [3.8, 4) is 5.75 Å². The van der Waals surface area contributed by atoms with E-state index in [1.54, 1.807) is 55.6 Å². The van der Waals surface area contributed by atoms with Gasteiger partial charge in [0.2, 0.25) is 11.8 Å². The number of halogens is 1. The SMILES string of the molecule is [CH2-]C(C)(C(=O)NCc1ccccc1OC)N(Cc1ccccc1F)C(=O)c1[c-]c2ccccc2o1.[U+2]. The Morgan fingerprint density at radius 1 is 1.06 bits per heavy atom. The third kappa shape index (κ3) is 5.83. The van der Waals surface area contributed by atoms with Crippen LogP contribution < -0.4 is 10.1 Å². The number of para-hydroxylation sites is 2. The van der Waals surface area contributed by atoms with Gasteiger partial charge < -0.3 is 31.1 Å². The molecule has 0 saturated heterocycles. The zero-order chi connectivity index (χ0) is 25.0. The standard InChI is InChI=1S/C28H25FN2O4.U/c1-28(2,27(33)30-17-20-11-6-8-14-23(20)34-3)31(18-21-12-4-7-13-22(21)29)26(32)25-16-19-10-5-9-15-24(19)35-25;/h4-15H,1,17-18H2,2-3H3,(H,30,33);/q-2;+2. The molecule has 1 aromatic heterocycles. The van der Waals surface area contributed by atoms with Crippen LogP contribution in [0.4, 0.5) is 4.39 Å². The molecule has 0 aliphatic heterocycles. The van der Waals surface area contributed by atoms with Crippen molar-refractivity contribution in [3.05, 3.63) is 108 Å². The predicted octanol–water partition coefficient (Wildman–Crippen LogP) is 4.93. The maximum atomic E-state index is 14.5. The first kappa shape index (κ1) is 27.5. The maximum absolute atomic E-state index is 14.5. The number of ether oxygens (including phenoxy) is 1. The minimum absolute atomic E-state index is 0. The summed E-state index contributed by atoms with van der Waals surface area (Å²) in [5.41, 5.74) is -0.122. The third-order valence-electron chi connectivity index (χ3n) is 5.79. The number of fused-ring (bicyclic) bond motifs is 1. The topological polar surface area (TPSA) is 71.8 Å². The summed E-state index contributed by atoms with van der Waals surface area (Å²) in [5, 5.41) is 3.44. The van der Waals surface area contributed by atoms with Crippen LogP contribution in [0.15, 0.2) is 77.2 Å². The normalized spacial score (nSPS) is 12.3. The molecular formula is C28H25FN2O4U. The maximum Gasteiger partial charge on any atom is 2.00 e. The van der Waals surface area contributed by atoms with Crippen molar-refractivity contribution in [1.82, 2.24) is 10.2 Å². The van der Waals surface area contributed by atoms with Crippen molar-refractivity contribution in [2.45, 2.75) is 25.6 Å². The molecule has 4 aromatic rings. The van der Waals surface area contributed by atoms with E-state index in [1.165, 1.54) is 17.9 Å². The van der Waals surface area contributed by atoms with Crippen LogP contribution in [0.1, 0.15) is 28.6 Å². The fourth-order valence-corrected chi connectivity index (χ4v) is 3.74. The number of hydrogen-bond acceptors (Lipinski definition) is 4. The van der Waals surface area contributed by atoms with Gasteiger partial charge >= 0.3 is 31.1 Å². The van der Waals surface area contributed by atoms with Gasteiger partial charge in [-0.2, -0.15) is 0 Å². The van der Waals surface area contributed by atoms with E-state index >= 15 is 0 Å². The summed E-state index contributed by atoms with van der Waals surface area (Å²) in [6.07, 6.45) is 0. The predicted molar refractivity (Wildman–Crippen MR) is 130 cm³/mol. The van der Waals surface area contributed by atoms with Gasteiger partial charge in [0.15, 0.2) is 0 Å². The minimum Gasteiger partial charge on any atom is -0.514 e. The van der Waals surface area contributed by atoms with Crippen LogP contribution in [-0.4, -0.2) is 29.4 Å². The first-order valence-electron chi connectivity index (χ1n) is 11.0. The number of amides is 2. The van der Waals surface area contributed by atoms with Crippen molar-refractivity contribution >= 4 is 22.8 Å². The van der Waals surface area contributed by atoms with Gasteiger partial charge in [-0.25, -0.2) is 4.39 Å². The van der Waals surface area contributed by atoms with Crippen LogP contribution in [0.2, 0.25) is 0 Å². The van der Waals surface area contributed by atoms with E-state index in [9.17, 15) is 14.0 Å². The molecule has 1 N–H and O–H groups in total. The molecule has 0 saturated carbocycles. The van der Waals surface area contributed by atoms with Gasteiger partial charge in [0, 0.05) is 29.8 Å². The molecule has 4 rings (SSSR count). The minimum atomic E-state index is -1.60. The van der Waals surface area contributed by atoms with Gasteiger partial charge in [-0.05, 0) is 17.7 Å². The van der Waals surface area contributed by atoms with Crippen LogP contribution in [0, 0.1) is 49.9 Å². The number of carbonyl (C=O) groups excluding carboxylic acids is 2. The number of methoxy groups -OCH3 is 1. The van der Waals surface area contributed by atoms with Gasteiger partial charge in [0.05, 0.1) is 12.9 Å². The van der Waals surface area contributed by atoms with Crippen LogP contribution in [0.25, 0.3) is 11.0 Å². The van der Waals surface area contributed by atoms with Crippen molar-refractivity contribution in [2.24, 2.45) is 0 Å². The average molecular weight is 711 g/mol. The summed E-state index contributed by atoms with van der Waals surface area (Å²) < 4.78 is 25.6. The molecule has 6 nitrogen and oxygen atoms in total. The van der Waals surface area contributed by atoms with Crippen molar-refractivity contribution in [2.75, 3.05) is 7.11 Å². The Bertz CT molecular complexity index is 1340. The first-order chi connectivity index (χ1) is 16.8. The number of benzene rings is 3. The molecule has 36 heavy (non-hydrogen) atoms. The Hall–Kier alpha value is -3.08. The summed E-state index contributed by atoms with van der Waals surface area (Å²) in [7, 11) is 1.55. The summed E-state index contributed by atoms with van der Waals surface area (Å²) >= 11 is 0. The van der Waals surface area contributed by atoms with E-state index in [0.717, 1.165) is 5.56 Å². The number of carbonyl (C=O) groups is 2. The smallest absolute Gasteiger partial charge is 0.514 e. The quantitative estimate of drug-likeness (QED) is 0.264. The van der Waals surface area contributed by atoms with Crippen LogP contribution in [0.3, 0.4) is 0 Å². The second-order valence-corrected chi connectivity index (χ2v) is 8.30. The fourth-order valence-electron chi connectivity index (χ4n) is 3.74. The Morgan fingerprint density at radius 2 is 1.69 bits per heavy atom. The molecule has 0 bridgehead atoms.